The molecule has 1 aromatic carbocycles. The Morgan fingerprint density at radius 3 is 2.76 bits per heavy atom. The van der Waals surface area contributed by atoms with Crippen molar-refractivity contribution in [1.82, 2.24) is 5.32 Å². The van der Waals surface area contributed by atoms with E-state index < -0.39 is 5.54 Å². The highest BCUT2D eigenvalue weighted by atomic mass is 79.9. The average molecular weight is 320 g/mol. The lowest BCUT2D eigenvalue weighted by molar-refractivity contribution is -0.147. The van der Waals surface area contributed by atoms with Crippen LogP contribution in [0.5, 0.6) is 0 Å². The monoisotopic (exact) mass is 318 g/mol. The molecule has 0 atom stereocenters. The highest BCUT2D eigenvalue weighted by Crippen LogP contribution is 2.28. The average Bonchev–Trinajstić information content (AvgIpc) is 2.27. The van der Waals surface area contributed by atoms with E-state index in [0.29, 0.717) is 18.1 Å². The summed E-state index contributed by atoms with van der Waals surface area (Å²) in [6.45, 7) is 1.11. The Morgan fingerprint density at radius 2 is 2.29 bits per heavy atom. The van der Waals surface area contributed by atoms with E-state index in [1.54, 1.807) is 6.07 Å². The second-order valence-corrected chi connectivity index (χ2v) is 5.19. The molecule has 1 aliphatic heterocycles. The van der Waals surface area contributed by atoms with E-state index in [4.69, 9.17) is 16.3 Å². The van der Waals surface area contributed by atoms with Crippen LogP contribution >= 0.6 is 27.5 Å². The first-order valence-electron chi connectivity index (χ1n) is 5.10. The topological polar surface area (TPSA) is 50.4 Å². The fourth-order valence-corrected chi connectivity index (χ4v) is 2.20. The van der Waals surface area contributed by atoms with Crippen LogP contribution in [0, 0.1) is 0 Å². The maximum atomic E-state index is 11.7. The lowest BCUT2D eigenvalue weighted by Crippen LogP contribution is -2.69. The minimum Gasteiger partial charge on any atom is -0.467 e. The number of halogens is 2. The van der Waals surface area contributed by atoms with Crippen molar-refractivity contribution in [2.75, 3.05) is 25.5 Å². The molecule has 2 N–H and O–H groups in total. The van der Waals surface area contributed by atoms with Gasteiger partial charge in [0.25, 0.3) is 0 Å². The molecule has 0 radical (unpaired) electrons. The van der Waals surface area contributed by atoms with Crippen LogP contribution in [-0.2, 0) is 9.53 Å². The van der Waals surface area contributed by atoms with Crippen LogP contribution < -0.4 is 10.6 Å². The molecule has 92 valence electrons. The lowest BCUT2D eigenvalue weighted by atomic mass is 9.92. The van der Waals surface area contributed by atoms with Gasteiger partial charge in [0.2, 0.25) is 0 Å². The van der Waals surface area contributed by atoms with Crippen LogP contribution in [0.2, 0.25) is 5.02 Å². The smallest absolute Gasteiger partial charge is 0.334 e. The van der Waals surface area contributed by atoms with Gasteiger partial charge >= 0.3 is 5.97 Å². The van der Waals surface area contributed by atoms with Crippen molar-refractivity contribution in [2.24, 2.45) is 0 Å². The molecule has 1 aliphatic rings. The second-order valence-electron chi connectivity index (χ2n) is 3.93. The Kier molecular flexibility index (Phi) is 3.61. The minimum atomic E-state index is -0.665. The summed E-state index contributed by atoms with van der Waals surface area (Å²) in [5.41, 5.74) is 0.162. The Hall–Kier alpha value is -0.780. The fraction of sp³-hybridized carbons (Fsp3) is 0.364. The van der Waals surface area contributed by atoms with Crippen molar-refractivity contribution in [3.63, 3.8) is 0 Å². The van der Waals surface area contributed by atoms with Gasteiger partial charge in [0, 0.05) is 23.2 Å². The maximum Gasteiger partial charge on any atom is 0.334 e. The van der Waals surface area contributed by atoms with Crippen LogP contribution in [0.1, 0.15) is 0 Å². The molecular weight excluding hydrogens is 307 g/mol. The lowest BCUT2D eigenvalue weighted by Gasteiger charge is -2.41. The summed E-state index contributed by atoms with van der Waals surface area (Å²) >= 11 is 9.25. The summed E-state index contributed by atoms with van der Waals surface area (Å²) in [6.07, 6.45) is 0. The number of hydrogen-bond donors (Lipinski definition) is 2. The third-order valence-electron chi connectivity index (χ3n) is 2.73. The fourth-order valence-electron chi connectivity index (χ4n) is 1.70. The van der Waals surface area contributed by atoms with Crippen molar-refractivity contribution in [3.05, 3.63) is 27.7 Å². The predicted molar refractivity (Wildman–Crippen MR) is 70.4 cm³/mol. The molecule has 0 aliphatic carbocycles. The number of nitrogens with one attached hydrogen (secondary N) is 2. The summed E-state index contributed by atoms with van der Waals surface area (Å²) in [4.78, 5) is 11.7. The van der Waals surface area contributed by atoms with Crippen LogP contribution in [0.15, 0.2) is 22.7 Å². The van der Waals surface area contributed by atoms with Crippen molar-refractivity contribution < 1.29 is 9.53 Å². The molecule has 4 nitrogen and oxygen atoms in total. The number of rotatable bonds is 3. The summed E-state index contributed by atoms with van der Waals surface area (Å²) in [5.74, 6) is -0.262. The van der Waals surface area contributed by atoms with Gasteiger partial charge in [0.05, 0.1) is 12.1 Å². The summed E-state index contributed by atoms with van der Waals surface area (Å²) in [7, 11) is 1.39. The van der Waals surface area contributed by atoms with Crippen LogP contribution in [-0.4, -0.2) is 31.7 Å². The van der Waals surface area contributed by atoms with Gasteiger partial charge in [-0.3, -0.25) is 0 Å². The highest BCUT2D eigenvalue weighted by molar-refractivity contribution is 9.10. The Morgan fingerprint density at radius 1 is 1.59 bits per heavy atom. The van der Waals surface area contributed by atoms with E-state index in [1.165, 1.54) is 7.11 Å². The zero-order valence-corrected chi connectivity index (χ0v) is 11.6. The van der Waals surface area contributed by atoms with Crippen LogP contribution in [0.25, 0.3) is 0 Å². The Balaban J connectivity index is 2.18. The molecule has 0 spiro atoms. The number of methoxy groups -OCH3 is 1. The molecule has 2 rings (SSSR count). The van der Waals surface area contributed by atoms with E-state index in [-0.39, 0.29) is 5.97 Å². The van der Waals surface area contributed by atoms with Gasteiger partial charge in [-0.15, -0.1) is 0 Å². The SMILES string of the molecule is COC(=O)C1(Nc2ccc(Cl)c(Br)c2)CNC1. The number of ether oxygens (including phenoxy) is 1. The molecule has 6 heteroatoms. The van der Waals surface area contributed by atoms with Crippen molar-refractivity contribution in [1.29, 1.82) is 0 Å². The summed E-state index contributed by atoms with van der Waals surface area (Å²) in [5, 5.41) is 6.88. The van der Waals surface area contributed by atoms with Gasteiger partial charge in [0.1, 0.15) is 0 Å². The van der Waals surface area contributed by atoms with Gasteiger partial charge in [-0.2, -0.15) is 0 Å². The third kappa shape index (κ3) is 2.41. The van der Waals surface area contributed by atoms with Gasteiger partial charge < -0.3 is 15.4 Å². The summed E-state index contributed by atoms with van der Waals surface area (Å²) in [6, 6.07) is 5.44. The maximum absolute atomic E-state index is 11.7. The van der Waals surface area contributed by atoms with E-state index in [9.17, 15) is 4.79 Å². The first-order valence-corrected chi connectivity index (χ1v) is 6.27. The molecule has 1 aromatic rings. The number of carbonyl (C=O) groups excluding carboxylic acids is 1. The number of carbonyl (C=O) groups is 1. The van der Waals surface area contributed by atoms with E-state index >= 15 is 0 Å². The quantitative estimate of drug-likeness (QED) is 0.837. The van der Waals surface area contributed by atoms with E-state index in [1.807, 2.05) is 12.1 Å². The van der Waals surface area contributed by atoms with E-state index in [0.717, 1.165) is 10.2 Å². The standard InChI is InChI=1S/C11H12BrClN2O2/c1-17-10(16)11(5-14-6-11)15-7-2-3-9(13)8(12)4-7/h2-4,14-15H,5-6H2,1H3. The third-order valence-corrected chi connectivity index (χ3v) is 3.95. The molecule has 0 bridgehead atoms. The Bertz CT molecular complexity index is 449. The first kappa shape index (κ1) is 12.7. The largest absolute Gasteiger partial charge is 0.467 e. The Labute approximate surface area is 113 Å². The van der Waals surface area contributed by atoms with Gasteiger partial charge in [0.15, 0.2) is 5.54 Å². The molecule has 1 saturated heterocycles. The molecule has 17 heavy (non-hydrogen) atoms. The zero-order chi connectivity index (χ0) is 12.5. The minimum absolute atomic E-state index is 0.262. The number of benzene rings is 1. The first-order chi connectivity index (χ1) is 8.07. The molecule has 0 saturated carbocycles. The van der Waals surface area contributed by atoms with Crippen molar-refractivity contribution >= 4 is 39.2 Å². The van der Waals surface area contributed by atoms with Gasteiger partial charge in [-0.05, 0) is 34.1 Å². The highest BCUT2D eigenvalue weighted by Gasteiger charge is 2.45. The van der Waals surface area contributed by atoms with Gasteiger partial charge in [-0.1, -0.05) is 11.6 Å². The van der Waals surface area contributed by atoms with Crippen LogP contribution in [0.3, 0.4) is 0 Å². The number of hydrogen-bond acceptors (Lipinski definition) is 4. The van der Waals surface area contributed by atoms with Crippen molar-refractivity contribution in [2.45, 2.75) is 5.54 Å². The second kappa shape index (κ2) is 4.84. The van der Waals surface area contributed by atoms with Crippen molar-refractivity contribution in [3.8, 4) is 0 Å². The molecular formula is C11H12BrClN2O2. The molecule has 0 aromatic heterocycles. The van der Waals surface area contributed by atoms with Crippen LogP contribution in [0.4, 0.5) is 5.69 Å². The van der Waals surface area contributed by atoms with Gasteiger partial charge in [-0.25, -0.2) is 4.79 Å². The summed E-state index contributed by atoms with van der Waals surface area (Å²) < 4.78 is 5.59. The molecule has 0 amide bonds. The van der Waals surface area contributed by atoms with E-state index in [2.05, 4.69) is 26.6 Å². The molecule has 1 fully saturated rings. The molecule has 0 unspecified atom stereocenters. The zero-order valence-electron chi connectivity index (χ0n) is 9.22. The molecule has 1 heterocycles. The normalized spacial score (nSPS) is 17.1. The number of anilines is 1. The predicted octanol–water partition coefficient (Wildman–Crippen LogP) is 2.03. The number of esters is 1.